The summed E-state index contributed by atoms with van der Waals surface area (Å²) in [5, 5.41) is 3.37. The minimum absolute atomic E-state index is 0.773. The van der Waals surface area contributed by atoms with Crippen LogP contribution in [0.5, 0.6) is 11.5 Å². The third-order valence-corrected chi connectivity index (χ3v) is 2.87. The summed E-state index contributed by atoms with van der Waals surface area (Å²) >= 11 is 1.84. The molecule has 0 bridgehead atoms. The Morgan fingerprint density at radius 1 is 1.19 bits per heavy atom. The highest BCUT2D eigenvalue weighted by Crippen LogP contribution is 2.27. The van der Waals surface area contributed by atoms with Crippen LogP contribution in [0, 0.1) is 0 Å². The molecule has 0 saturated carbocycles. The van der Waals surface area contributed by atoms with Crippen LogP contribution in [0.4, 0.5) is 0 Å². The molecule has 0 aromatic heterocycles. The number of nitrogens with one attached hydrogen (secondary N) is 1. The molecule has 3 nitrogen and oxygen atoms in total. The van der Waals surface area contributed by atoms with E-state index in [9.17, 15) is 0 Å². The Bertz CT molecular complexity index is 318. The molecule has 16 heavy (non-hydrogen) atoms. The van der Waals surface area contributed by atoms with Crippen molar-refractivity contribution in [1.29, 1.82) is 0 Å². The van der Waals surface area contributed by atoms with Gasteiger partial charge in [0.05, 0.1) is 14.2 Å². The van der Waals surface area contributed by atoms with Crippen molar-refractivity contribution in [2.24, 2.45) is 0 Å². The molecule has 0 atom stereocenters. The topological polar surface area (TPSA) is 30.5 Å². The Hall–Kier alpha value is -0.870. The van der Waals surface area contributed by atoms with E-state index in [1.807, 2.05) is 30.0 Å². The van der Waals surface area contributed by atoms with Crippen LogP contribution in [0.3, 0.4) is 0 Å². The summed E-state index contributed by atoms with van der Waals surface area (Å²) in [6.45, 7) is 1.89. The lowest BCUT2D eigenvalue weighted by molar-refractivity contribution is 0.354. The molecule has 4 heteroatoms. The minimum Gasteiger partial charge on any atom is -0.493 e. The monoisotopic (exact) mass is 241 g/mol. The van der Waals surface area contributed by atoms with Crippen molar-refractivity contribution in [2.75, 3.05) is 32.8 Å². The standard InChI is InChI=1S/C12H19NO2S/c1-14-11-5-4-10(8-12(11)15-2)9-13-6-7-16-3/h4-5,8,13H,6-7,9H2,1-3H3. The highest BCUT2D eigenvalue weighted by atomic mass is 32.2. The van der Waals surface area contributed by atoms with Gasteiger partial charge in [-0.2, -0.15) is 11.8 Å². The first-order valence-corrected chi connectivity index (χ1v) is 6.61. The van der Waals surface area contributed by atoms with Gasteiger partial charge in [0.2, 0.25) is 0 Å². The van der Waals surface area contributed by atoms with Gasteiger partial charge in [0.1, 0.15) is 0 Å². The van der Waals surface area contributed by atoms with Gasteiger partial charge in [0.15, 0.2) is 11.5 Å². The van der Waals surface area contributed by atoms with Gasteiger partial charge in [-0.1, -0.05) is 6.07 Å². The summed E-state index contributed by atoms with van der Waals surface area (Å²) in [7, 11) is 3.30. The maximum absolute atomic E-state index is 5.25. The van der Waals surface area contributed by atoms with Crippen molar-refractivity contribution < 1.29 is 9.47 Å². The molecule has 1 rings (SSSR count). The van der Waals surface area contributed by atoms with E-state index in [1.54, 1.807) is 14.2 Å². The molecule has 0 saturated heterocycles. The molecular formula is C12H19NO2S. The second-order valence-corrected chi connectivity index (χ2v) is 4.34. The fourth-order valence-corrected chi connectivity index (χ4v) is 1.75. The highest BCUT2D eigenvalue weighted by molar-refractivity contribution is 7.98. The molecule has 0 aliphatic rings. The molecule has 0 unspecified atom stereocenters. The summed E-state index contributed by atoms with van der Waals surface area (Å²) in [6, 6.07) is 5.99. The van der Waals surface area contributed by atoms with Crippen molar-refractivity contribution >= 4 is 11.8 Å². The first-order chi connectivity index (χ1) is 7.81. The lowest BCUT2D eigenvalue weighted by Crippen LogP contribution is -2.16. The average molecular weight is 241 g/mol. The van der Waals surface area contributed by atoms with E-state index in [0.29, 0.717) is 0 Å². The smallest absolute Gasteiger partial charge is 0.161 e. The summed E-state index contributed by atoms with van der Waals surface area (Å²) in [5.74, 6) is 2.69. The first-order valence-electron chi connectivity index (χ1n) is 5.22. The van der Waals surface area contributed by atoms with Crippen LogP contribution in [-0.2, 0) is 6.54 Å². The highest BCUT2D eigenvalue weighted by Gasteiger charge is 2.03. The summed E-state index contributed by atoms with van der Waals surface area (Å²) in [6.07, 6.45) is 2.11. The predicted octanol–water partition coefficient (Wildman–Crippen LogP) is 2.16. The molecule has 90 valence electrons. The molecule has 0 aliphatic heterocycles. The number of hydrogen-bond acceptors (Lipinski definition) is 4. The molecule has 1 N–H and O–H groups in total. The van der Waals surface area contributed by atoms with E-state index < -0.39 is 0 Å². The largest absolute Gasteiger partial charge is 0.493 e. The van der Waals surface area contributed by atoms with Gasteiger partial charge < -0.3 is 14.8 Å². The summed E-state index contributed by atoms with van der Waals surface area (Å²) in [5.41, 5.74) is 1.21. The van der Waals surface area contributed by atoms with Crippen LogP contribution >= 0.6 is 11.8 Å². The zero-order valence-corrected chi connectivity index (χ0v) is 10.9. The zero-order chi connectivity index (χ0) is 11.8. The Labute approximate surface area is 102 Å². The predicted molar refractivity (Wildman–Crippen MR) is 69.6 cm³/mol. The van der Waals surface area contributed by atoms with E-state index in [4.69, 9.17) is 9.47 Å². The molecule has 0 spiro atoms. The van der Waals surface area contributed by atoms with Crippen molar-refractivity contribution in [1.82, 2.24) is 5.32 Å². The average Bonchev–Trinajstić information content (AvgIpc) is 2.34. The van der Waals surface area contributed by atoms with Crippen molar-refractivity contribution in [3.05, 3.63) is 23.8 Å². The van der Waals surface area contributed by atoms with Crippen molar-refractivity contribution in [3.63, 3.8) is 0 Å². The van der Waals surface area contributed by atoms with E-state index in [-0.39, 0.29) is 0 Å². The molecule has 1 aromatic carbocycles. The molecule has 0 fully saturated rings. The zero-order valence-electron chi connectivity index (χ0n) is 10.1. The SMILES string of the molecule is COc1ccc(CNCCSC)cc1OC. The third-order valence-electron chi connectivity index (χ3n) is 2.26. The number of ether oxygens (including phenoxy) is 2. The van der Waals surface area contributed by atoms with Crippen LogP contribution in [0.1, 0.15) is 5.56 Å². The molecule has 0 heterocycles. The summed E-state index contributed by atoms with van der Waals surface area (Å²) < 4.78 is 10.4. The van der Waals surface area contributed by atoms with Crippen LogP contribution < -0.4 is 14.8 Å². The van der Waals surface area contributed by atoms with Gasteiger partial charge in [0, 0.05) is 18.8 Å². The number of rotatable bonds is 7. The van der Waals surface area contributed by atoms with Gasteiger partial charge in [-0.15, -0.1) is 0 Å². The van der Waals surface area contributed by atoms with Crippen LogP contribution in [0.2, 0.25) is 0 Å². The van der Waals surface area contributed by atoms with E-state index in [1.165, 1.54) is 5.56 Å². The van der Waals surface area contributed by atoms with E-state index in [0.717, 1.165) is 30.3 Å². The number of thioether (sulfide) groups is 1. The van der Waals surface area contributed by atoms with Gasteiger partial charge in [-0.3, -0.25) is 0 Å². The lowest BCUT2D eigenvalue weighted by Gasteiger charge is -2.10. The lowest BCUT2D eigenvalue weighted by atomic mass is 10.2. The second-order valence-electron chi connectivity index (χ2n) is 3.36. The summed E-state index contributed by atoms with van der Waals surface area (Å²) in [4.78, 5) is 0. The number of benzene rings is 1. The molecular weight excluding hydrogens is 222 g/mol. The quantitative estimate of drug-likeness (QED) is 0.741. The fourth-order valence-electron chi connectivity index (χ4n) is 1.40. The molecule has 0 amide bonds. The van der Waals surface area contributed by atoms with E-state index in [2.05, 4.69) is 11.6 Å². The Kier molecular flexibility index (Phi) is 6.11. The normalized spacial score (nSPS) is 10.2. The van der Waals surface area contributed by atoms with Gasteiger partial charge in [-0.25, -0.2) is 0 Å². The maximum Gasteiger partial charge on any atom is 0.161 e. The number of hydrogen-bond donors (Lipinski definition) is 1. The Morgan fingerprint density at radius 2 is 1.94 bits per heavy atom. The second kappa shape index (κ2) is 7.41. The van der Waals surface area contributed by atoms with Gasteiger partial charge in [0.25, 0.3) is 0 Å². The van der Waals surface area contributed by atoms with Crippen molar-refractivity contribution in [3.8, 4) is 11.5 Å². The fraction of sp³-hybridized carbons (Fsp3) is 0.500. The van der Waals surface area contributed by atoms with Crippen LogP contribution in [-0.4, -0.2) is 32.8 Å². The van der Waals surface area contributed by atoms with Gasteiger partial charge >= 0.3 is 0 Å². The maximum atomic E-state index is 5.25. The Morgan fingerprint density at radius 3 is 2.56 bits per heavy atom. The Balaban J connectivity index is 2.54. The van der Waals surface area contributed by atoms with Crippen LogP contribution in [0.15, 0.2) is 18.2 Å². The molecule has 0 radical (unpaired) electrons. The van der Waals surface area contributed by atoms with Gasteiger partial charge in [-0.05, 0) is 24.0 Å². The molecule has 1 aromatic rings. The number of methoxy groups -OCH3 is 2. The van der Waals surface area contributed by atoms with E-state index >= 15 is 0 Å². The third kappa shape index (κ3) is 3.94. The molecule has 0 aliphatic carbocycles. The minimum atomic E-state index is 0.773. The van der Waals surface area contributed by atoms with Crippen LogP contribution in [0.25, 0.3) is 0 Å². The van der Waals surface area contributed by atoms with Crippen molar-refractivity contribution in [2.45, 2.75) is 6.54 Å². The first kappa shape index (κ1) is 13.2.